The van der Waals surface area contributed by atoms with Crippen LogP contribution >= 0.6 is 11.6 Å². The van der Waals surface area contributed by atoms with Crippen molar-refractivity contribution in [3.05, 3.63) is 47.5 Å². The highest BCUT2D eigenvalue weighted by Gasteiger charge is 2.26. The second-order valence-corrected chi connectivity index (χ2v) is 6.21. The highest BCUT2D eigenvalue weighted by molar-refractivity contribution is 6.31. The number of halogens is 1. The average Bonchev–Trinajstić information content (AvgIpc) is 3.02. The van der Waals surface area contributed by atoms with Gasteiger partial charge in [-0.15, -0.1) is 0 Å². The van der Waals surface area contributed by atoms with Crippen LogP contribution in [0.5, 0.6) is 0 Å². The lowest BCUT2D eigenvalue weighted by atomic mass is 10.00. The number of aromatic nitrogens is 3. The summed E-state index contributed by atoms with van der Waals surface area (Å²) in [4.78, 5) is 6.35. The Morgan fingerprint density at radius 1 is 1.32 bits per heavy atom. The summed E-state index contributed by atoms with van der Waals surface area (Å²) in [5.74, 6) is 0. The molecule has 0 amide bonds. The van der Waals surface area contributed by atoms with Crippen molar-refractivity contribution in [1.29, 1.82) is 0 Å². The van der Waals surface area contributed by atoms with Crippen LogP contribution in [-0.2, 0) is 6.54 Å². The first-order valence-electron chi connectivity index (χ1n) is 7.73. The fraction of sp³-hybridized carbons (Fsp3) is 0.500. The van der Waals surface area contributed by atoms with Crippen molar-refractivity contribution in [2.45, 2.75) is 38.0 Å². The lowest BCUT2D eigenvalue weighted by Crippen LogP contribution is -2.44. The minimum atomic E-state index is -0.565. The topological polar surface area (TPSA) is 54.2 Å². The maximum absolute atomic E-state index is 10.5. The zero-order valence-electron chi connectivity index (χ0n) is 12.5. The molecule has 1 aliphatic heterocycles. The van der Waals surface area contributed by atoms with Crippen LogP contribution in [0, 0.1) is 0 Å². The van der Waals surface area contributed by atoms with Crippen molar-refractivity contribution >= 4 is 11.6 Å². The molecule has 1 saturated heterocycles. The predicted molar refractivity (Wildman–Crippen MR) is 85.6 cm³/mol. The molecule has 3 rings (SSSR count). The van der Waals surface area contributed by atoms with Gasteiger partial charge in [0, 0.05) is 23.2 Å². The van der Waals surface area contributed by atoms with Crippen molar-refractivity contribution in [3.8, 4) is 0 Å². The summed E-state index contributed by atoms with van der Waals surface area (Å²) < 4.78 is 1.87. The molecule has 2 heterocycles. The Morgan fingerprint density at radius 3 is 2.95 bits per heavy atom. The molecule has 22 heavy (non-hydrogen) atoms. The van der Waals surface area contributed by atoms with E-state index in [1.54, 1.807) is 12.7 Å². The molecule has 2 aromatic rings. The predicted octanol–water partition coefficient (Wildman–Crippen LogP) is 2.52. The molecule has 1 aliphatic rings. The van der Waals surface area contributed by atoms with Gasteiger partial charge in [0.25, 0.3) is 0 Å². The van der Waals surface area contributed by atoms with E-state index in [9.17, 15) is 5.11 Å². The Balaban J connectivity index is 1.67. The standard InChI is InChI=1S/C16H21ClN4O/c17-15-7-2-1-6-14(15)16(22)10-20-8-4-3-5-13(20)9-21-12-18-11-19-21/h1-2,6-7,11-13,16,22H,3-5,8-10H2/t13-,16+/m1/s1. The quantitative estimate of drug-likeness (QED) is 0.919. The van der Waals surface area contributed by atoms with Gasteiger partial charge in [-0.25, -0.2) is 4.98 Å². The highest BCUT2D eigenvalue weighted by atomic mass is 35.5. The van der Waals surface area contributed by atoms with Gasteiger partial charge >= 0.3 is 0 Å². The minimum Gasteiger partial charge on any atom is -0.387 e. The van der Waals surface area contributed by atoms with E-state index in [0.29, 0.717) is 17.6 Å². The second kappa shape index (κ2) is 7.22. The minimum absolute atomic E-state index is 0.382. The third-order valence-corrected chi connectivity index (χ3v) is 4.63. The van der Waals surface area contributed by atoms with Crippen LogP contribution < -0.4 is 0 Å². The first kappa shape index (κ1) is 15.5. The van der Waals surface area contributed by atoms with Gasteiger partial charge in [0.2, 0.25) is 0 Å². The summed E-state index contributed by atoms with van der Waals surface area (Å²) in [7, 11) is 0. The van der Waals surface area contributed by atoms with Gasteiger partial charge in [-0.05, 0) is 25.5 Å². The Kier molecular flexibility index (Phi) is 5.08. The highest BCUT2D eigenvalue weighted by Crippen LogP contribution is 2.26. The number of piperidine rings is 1. The molecule has 6 heteroatoms. The molecule has 0 unspecified atom stereocenters. The van der Waals surface area contributed by atoms with Crippen molar-refractivity contribution in [2.75, 3.05) is 13.1 Å². The number of benzene rings is 1. The van der Waals surface area contributed by atoms with Gasteiger partial charge in [-0.1, -0.05) is 36.2 Å². The van der Waals surface area contributed by atoms with Crippen LogP contribution in [-0.4, -0.2) is 43.9 Å². The van der Waals surface area contributed by atoms with Gasteiger partial charge in [-0.2, -0.15) is 5.10 Å². The third-order valence-electron chi connectivity index (χ3n) is 4.29. The lowest BCUT2D eigenvalue weighted by Gasteiger charge is -2.36. The second-order valence-electron chi connectivity index (χ2n) is 5.80. The number of aliphatic hydroxyl groups is 1. The Hall–Kier alpha value is -1.43. The van der Waals surface area contributed by atoms with E-state index >= 15 is 0 Å². The van der Waals surface area contributed by atoms with E-state index in [4.69, 9.17) is 11.6 Å². The number of nitrogens with zero attached hydrogens (tertiary/aromatic N) is 4. The summed E-state index contributed by atoms with van der Waals surface area (Å²) in [6.07, 6.45) is 6.25. The van der Waals surface area contributed by atoms with Crippen LogP contribution in [0.15, 0.2) is 36.9 Å². The van der Waals surface area contributed by atoms with Crippen molar-refractivity contribution in [2.24, 2.45) is 0 Å². The number of hydrogen-bond donors (Lipinski definition) is 1. The lowest BCUT2D eigenvalue weighted by molar-refractivity contribution is 0.0591. The summed E-state index contributed by atoms with van der Waals surface area (Å²) in [6, 6.07) is 7.89. The molecule has 0 spiro atoms. The summed E-state index contributed by atoms with van der Waals surface area (Å²) >= 11 is 6.19. The van der Waals surface area contributed by atoms with E-state index in [-0.39, 0.29) is 0 Å². The zero-order valence-corrected chi connectivity index (χ0v) is 13.2. The van der Waals surface area contributed by atoms with Crippen LogP contribution in [0.3, 0.4) is 0 Å². The molecule has 5 nitrogen and oxygen atoms in total. The monoisotopic (exact) mass is 320 g/mol. The van der Waals surface area contributed by atoms with Gasteiger partial charge in [0.05, 0.1) is 12.6 Å². The van der Waals surface area contributed by atoms with E-state index in [1.165, 1.54) is 12.8 Å². The van der Waals surface area contributed by atoms with Gasteiger partial charge in [0.15, 0.2) is 0 Å². The fourth-order valence-corrected chi connectivity index (χ4v) is 3.38. The normalized spacial score (nSPS) is 20.9. The van der Waals surface area contributed by atoms with Crippen molar-refractivity contribution in [1.82, 2.24) is 19.7 Å². The number of β-amino-alcohol motifs (C(OH)–C–C–N with tert-alkyl or cyclic N) is 1. The van der Waals surface area contributed by atoms with E-state index in [1.807, 2.05) is 28.9 Å². The van der Waals surface area contributed by atoms with Gasteiger partial charge in [-0.3, -0.25) is 9.58 Å². The molecule has 118 valence electrons. The fourth-order valence-electron chi connectivity index (χ4n) is 3.12. The summed E-state index contributed by atoms with van der Waals surface area (Å²) in [5, 5.41) is 15.4. The number of likely N-dealkylation sites (tertiary alicyclic amines) is 1. The Labute approximate surface area is 135 Å². The largest absolute Gasteiger partial charge is 0.387 e. The molecule has 1 N–H and O–H groups in total. The molecule has 0 aliphatic carbocycles. The van der Waals surface area contributed by atoms with Gasteiger partial charge < -0.3 is 5.11 Å². The van der Waals surface area contributed by atoms with Crippen LogP contribution in [0.4, 0.5) is 0 Å². The van der Waals surface area contributed by atoms with Crippen molar-refractivity contribution < 1.29 is 5.11 Å². The summed E-state index contributed by atoms with van der Waals surface area (Å²) in [6.45, 7) is 2.42. The molecular weight excluding hydrogens is 300 g/mol. The number of rotatable bonds is 5. The Bertz CT molecular complexity index is 590. The molecule has 0 bridgehead atoms. The molecule has 0 radical (unpaired) electrons. The first-order chi connectivity index (χ1) is 10.7. The van der Waals surface area contributed by atoms with E-state index in [0.717, 1.165) is 25.1 Å². The summed E-state index contributed by atoms with van der Waals surface area (Å²) in [5.41, 5.74) is 0.800. The van der Waals surface area contributed by atoms with Gasteiger partial charge in [0.1, 0.15) is 12.7 Å². The number of hydrogen-bond acceptors (Lipinski definition) is 4. The van der Waals surface area contributed by atoms with Crippen molar-refractivity contribution in [3.63, 3.8) is 0 Å². The maximum atomic E-state index is 10.5. The molecule has 0 saturated carbocycles. The first-order valence-corrected chi connectivity index (χ1v) is 8.11. The number of aliphatic hydroxyl groups excluding tert-OH is 1. The molecular formula is C16H21ClN4O. The molecule has 1 fully saturated rings. The SMILES string of the molecule is O[C@@H](CN1CCCC[C@@H]1Cn1cncn1)c1ccccc1Cl. The average molecular weight is 321 g/mol. The molecule has 1 aromatic heterocycles. The molecule has 2 atom stereocenters. The maximum Gasteiger partial charge on any atom is 0.137 e. The van der Waals surface area contributed by atoms with E-state index in [2.05, 4.69) is 15.0 Å². The van der Waals surface area contributed by atoms with E-state index < -0.39 is 6.10 Å². The van der Waals surface area contributed by atoms with Crippen LogP contribution in [0.1, 0.15) is 30.9 Å². The Morgan fingerprint density at radius 2 is 2.18 bits per heavy atom. The third kappa shape index (κ3) is 3.66. The van der Waals surface area contributed by atoms with Crippen LogP contribution in [0.25, 0.3) is 0 Å². The van der Waals surface area contributed by atoms with Crippen LogP contribution in [0.2, 0.25) is 5.02 Å². The zero-order chi connectivity index (χ0) is 15.4. The molecule has 1 aromatic carbocycles. The smallest absolute Gasteiger partial charge is 0.137 e.